The van der Waals surface area contributed by atoms with Crippen LogP contribution < -0.4 is 0 Å². The van der Waals surface area contributed by atoms with Crippen LogP contribution in [-0.2, 0) is 18.5 Å². The molecule has 2 rings (SSSR count). The van der Waals surface area contributed by atoms with Gasteiger partial charge in [-0.2, -0.15) is 0 Å². The largest absolute Gasteiger partial charge is 0.626 e. The van der Waals surface area contributed by atoms with Gasteiger partial charge in [0, 0.05) is 5.31 Å². The van der Waals surface area contributed by atoms with Crippen LogP contribution in [0.2, 0.25) is 5.31 Å². The Kier molecular flexibility index (Phi) is 3.00. The second-order valence-corrected chi connectivity index (χ2v) is 7.36. The fraction of sp³-hybridized carbons (Fsp3) is 1.00. The van der Waals surface area contributed by atoms with Crippen LogP contribution in [0.4, 0.5) is 0 Å². The maximum absolute atomic E-state index is 5.81. The van der Waals surface area contributed by atoms with E-state index < -0.39 is 7.32 Å². The van der Waals surface area contributed by atoms with Gasteiger partial charge in [-0.3, -0.25) is 0 Å². The number of rotatable bonds is 2. The maximum atomic E-state index is 5.81. The molecule has 6 heteroatoms. The van der Waals surface area contributed by atoms with Crippen LogP contribution in [0.15, 0.2) is 0 Å². The Bertz CT molecular complexity index is 336. The average molecular weight is 254 g/mol. The monoisotopic (exact) mass is 254 g/mol. The molecule has 0 aliphatic carbocycles. The maximum Gasteiger partial charge on any atom is 0.626 e. The van der Waals surface area contributed by atoms with Crippen molar-refractivity contribution in [2.45, 2.75) is 77.5 Å². The van der Waals surface area contributed by atoms with Gasteiger partial charge < -0.3 is 18.5 Å². The van der Waals surface area contributed by atoms with Gasteiger partial charge in [-0.1, -0.05) is 13.8 Å². The van der Waals surface area contributed by atoms with Gasteiger partial charge in [-0.05, 0) is 41.5 Å². The van der Waals surface area contributed by atoms with E-state index in [4.69, 9.17) is 18.5 Å². The minimum absolute atomic E-state index is 0.0589. The van der Waals surface area contributed by atoms with Gasteiger partial charge in [0.15, 0.2) is 0 Å². The van der Waals surface area contributed by atoms with Gasteiger partial charge in [0.05, 0.1) is 16.8 Å². The van der Waals surface area contributed by atoms with Gasteiger partial charge in [0.25, 0.3) is 0 Å². The Morgan fingerprint density at radius 3 is 1.44 bits per heavy atom. The van der Waals surface area contributed by atoms with E-state index in [9.17, 15) is 0 Å². The highest BCUT2D eigenvalue weighted by Crippen LogP contribution is 2.54. The summed E-state index contributed by atoms with van der Waals surface area (Å²) in [4.78, 5) is 0. The molecule has 2 aliphatic rings. The Morgan fingerprint density at radius 1 is 0.667 bits per heavy atom. The molecule has 2 heterocycles. The summed E-state index contributed by atoms with van der Waals surface area (Å²) >= 11 is 0. The highest BCUT2D eigenvalue weighted by molar-refractivity contribution is 6.61. The van der Waals surface area contributed by atoms with Crippen molar-refractivity contribution < 1.29 is 18.5 Å². The zero-order valence-electron chi connectivity index (χ0n) is 12.8. The summed E-state index contributed by atoms with van der Waals surface area (Å²) in [5.74, 6) is 0. The van der Waals surface area contributed by atoms with Crippen molar-refractivity contribution in [1.82, 2.24) is 0 Å². The Balaban J connectivity index is 1.99. The number of hydrogen-bond donors (Lipinski definition) is 0. The molecular weight excluding hydrogens is 230 g/mol. The van der Waals surface area contributed by atoms with Crippen molar-refractivity contribution in [2.75, 3.05) is 0 Å². The van der Waals surface area contributed by atoms with Gasteiger partial charge in [0.2, 0.25) is 0 Å². The second-order valence-electron chi connectivity index (χ2n) is 7.36. The van der Waals surface area contributed by atoms with Gasteiger partial charge in [0.1, 0.15) is 0 Å². The lowest BCUT2D eigenvalue weighted by Gasteiger charge is -2.55. The smallest absolute Gasteiger partial charge is 0.424 e. The summed E-state index contributed by atoms with van der Waals surface area (Å²) in [5, 5.41) is -0.0589. The summed E-state index contributed by atoms with van der Waals surface area (Å²) < 4.78 is 23.2. The molecular formula is C12H24B2O4. The summed E-state index contributed by atoms with van der Waals surface area (Å²) in [6, 6.07) is 0. The molecule has 0 N–H and O–H groups in total. The van der Waals surface area contributed by atoms with E-state index in [0.717, 1.165) is 0 Å². The van der Waals surface area contributed by atoms with E-state index in [-0.39, 0.29) is 29.2 Å². The van der Waals surface area contributed by atoms with Gasteiger partial charge in [-0.25, -0.2) is 0 Å². The van der Waals surface area contributed by atoms with Crippen LogP contribution in [0.25, 0.3) is 0 Å². The van der Waals surface area contributed by atoms with Crippen molar-refractivity contribution in [2.24, 2.45) is 0 Å². The average Bonchev–Trinajstić information content (AvgIpc) is 2.33. The molecule has 2 saturated heterocycles. The zero-order chi connectivity index (χ0) is 14.0. The molecule has 4 nitrogen and oxygen atoms in total. The molecule has 0 amide bonds. The van der Waals surface area contributed by atoms with Crippen molar-refractivity contribution in [3.8, 4) is 0 Å². The van der Waals surface area contributed by atoms with Crippen LogP contribution in [-0.4, -0.2) is 31.2 Å². The SMILES string of the molecule is CC1(C)OB(OB2OC(C)(C)C2(C)C)OC1(C)C. The van der Waals surface area contributed by atoms with Crippen LogP contribution in [0.3, 0.4) is 0 Å². The van der Waals surface area contributed by atoms with Crippen LogP contribution >= 0.6 is 0 Å². The third-order valence-electron chi connectivity index (χ3n) is 5.01. The van der Waals surface area contributed by atoms with E-state index in [1.807, 2.05) is 27.7 Å². The third kappa shape index (κ3) is 1.94. The van der Waals surface area contributed by atoms with Crippen molar-refractivity contribution in [3.63, 3.8) is 0 Å². The lowest BCUT2D eigenvalue weighted by Crippen LogP contribution is -2.64. The fourth-order valence-corrected chi connectivity index (χ4v) is 1.94. The standard InChI is InChI=1S/C12H24B2O4/c1-9(2)10(3,4)15-13(9)18-14-16-11(5,6)12(7,8)17-14/h1-8H3. The normalized spacial score (nSPS) is 31.3. The highest BCUT2D eigenvalue weighted by atomic mass is 16.8. The predicted molar refractivity (Wildman–Crippen MR) is 72.1 cm³/mol. The van der Waals surface area contributed by atoms with Gasteiger partial charge in [-0.15, -0.1) is 0 Å². The van der Waals surface area contributed by atoms with E-state index in [1.54, 1.807) is 0 Å². The molecule has 0 aromatic rings. The first-order chi connectivity index (χ1) is 7.89. The van der Waals surface area contributed by atoms with Crippen molar-refractivity contribution in [3.05, 3.63) is 0 Å². The predicted octanol–water partition coefficient (Wildman–Crippen LogP) is 2.67. The van der Waals surface area contributed by atoms with E-state index in [1.165, 1.54) is 0 Å². The van der Waals surface area contributed by atoms with Crippen LogP contribution in [0.5, 0.6) is 0 Å². The molecule has 2 aliphatic heterocycles. The molecule has 102 valence electrons. The minimum atomic E-state index is -0.657. The lowest BCUT2D eigenvalue weighted by molar-refractivity contribution is -0.0475. The molecule has 0 bridgehead atoms. The molecule has 2 fully saturated rings. The summed E-state index contributed by atoms with van der Waals surface area (Å²) in [5.41, 5.74) is -0.927. The van der Waals surface area contributed by atoms with Crippen molar-refractivity contribution in [1.29, 1.82) is 0 Å². The topological polar surface area (TPSA) is 36.9 Å². The molecule has 0 atom stereocenters. The summed E-state index contributed by atoms with van der Waals surface area (Å²) in [7, 11) is -0.947. The molecule has 0 spiro atoms. The second kappa shape index (κ2) is 3.75. The quantitative estimate of drug-likeness (QED) is 0.710. The zero-order valence-corrected chi connectivity index (χ0v) is 12.8. The summed E-state index contributed by atoms with van der Waals surface area (Å²) in [6.45, 7) is 16.4. The minimum Gasteiger partial charge on any atom is -0.424 e. The van der Waals surface area contributed by atoms with Gasteiger partial charge >= 0.3 is 14.4 Å². The molecule has 0 aromatic carbocycles. The Morgan fingerprint density at radius 2 is 1.11 bits per heavy atom. The number of hydrogen-bond acceptors (Lipinski definition) is 4. The fourth-order valence-electron chi connectivity index (χ4n) is 1.94. The van der Waals surface area contributed by atoms with E-state index in [0.29, 0.717) is 0 Å². The molecule has 18 heavy (non-hydrogen) atoms. The van der Waals surface area contributed by atoms with Crippen LogP contribution in [0.1, 0.15) is 55.4 Å². The van der Waals surface area contributed by atoms with E-state index >= 15 is 0 Å². The first-order valence-electron chi connectivity index (χ1n) is 6.58. The Labute approximate surface area is 111 Å². The lowest BCUT2D eigenvalue weighted by atomic mass is 9.45. The Hall–Kier alpha value is -0.0301. The first-order valence-corrected chi connectivity index (χ1v) is 6.58. The van der Waals surface area contributed by atoms with Crippen molar-refractivity contribution >= 4 is 14.4 Å². The molecule has 0 unspecified atom stereocenters. The van der Waals surface area contributed by atoms with E-state index in [2.05, 4.69) is 27.7 Å². The first kappa shape index (κ1) is 14.4. The van der Waals surface area contributed by atoms with Crippen LogP contribution in [0, 0.1) is 0 Å². The molecule has 0 saturated carbocycles. The third-order valence-corrected chi connectivity index (χ3v) is 5.01. The summed E-state index contributed by atoms with van der Waals surface area (Å²) in [6.07, 6.45) is 0. The highest BCUT2D eigenvalue weighted by Gasteiger charge is 2.64. The molecule has 0 aromatic heterocycles. The molecule has 0 radical (unpaired) electrons.